The van der Waals surface area contributed by atoms with Gasteiger partial charge in [0.25, 0.3) is 0 Å². The van der Waals surface area contributed by atoms with Crippen LogP contribution in [0.3, 0.4) is 0 Å². The predicted octanol–water partition coefficient (Wildman–Crippen LogP) is 13.3. The molecular weight excluding hydrogens is 681 g/mol. The van der Waals surface area contributed by atoms with Crippen molar-refractivity contribution in [1.82, 2.24) is 19.9 Å². The molecule has 0 amide bonds. The quantitative estimate of drug-likeness (QED) is 0.161. The van der Waals surface area contributed by atoms with Crippen LogP contribution in [0.25, 0.3) is 110 Å². The monoisotopic (exact) mass is 712 g/mol. The second kappa shape index (κ2) is 13.1. The molecule has 0 unspecified atom stereocenters. The number of fused-ring (bicyclic) bond motifs is 1. The summed E-state index contributed by atoms with van der Waals surface area (Å²) in [6, 6.07) is 60.6. The summed E-state index contributed by atoms with van der Waals surface area (Å²) in [4.78, 5) is 19.3. The smallest absolute Gasteiger partial charge is 0.162 e. The molecule has 0 saturated carbocycles. The summed E-state index contributed by atoms with van der Waals surface area (Å²) in [5.41, 5.74) is 11.6. The molecular formula is C52H32N4. The van der Waals surface area contributed by atoms with Crippen LogP contribution in [0.4, 0.5) is 0 Å². The number of benzene rings is 8. The van der Waals surface area contributed by atoms with E-state index < -0.39 is 0 Å². The van der Waals surface area contributed by atoms with Gasteiger partial charge in [-0.25, -0.2) is 9.97 Å². The lowest BCUT2D eigenvalue weighted by atomic mass is 9.87. The Labute approximate surface area is 323 Å². The molecule has 4 heteroatoms. The van der Waals surface area contributed by atoms with E-state index in [1.165, 1.54) is 49.0 Å². The molecule has 0 aliphatic heterocycles. The Morgan fingerprint density at radius 1 is 0.304 bits per heavy atom. The van der Waals surface area contributed by atoms with Crippen LogP contribution in [0.15, 0.2) is 195 Å². The molecule has 3 heterocycles. The fourth-order valence-corrected chi connectivity index (χ4v) is 8.29. The lowest BCUT2D eigenvalue weighted by Gasteiger charge is -2.17. The van der Waals surface area contributed by atoms with Crippen LogP contribution in [0.2, 0.25) is 0 Å². The standard InChI is InChI=1S/C52H32N4/c1-2-8-34(9-3-1)43-23-19-36-22-26-46-44(24-20-37-21-25-45(43)50(36)51(37)46)38-11-6-12-39(28-38)49-29-48(35-17-15-33(16-18-35)40-13-7-27-53-30-40)55-52(56-49)47-32-54-31-41-10-4-5-14-42(41)47/h1-32H. The van der Waals surface area contributed by atoms with E-state index in [-0.39, 0.29) is 0 Å². The van der Waals surface area contributed by atoms with E-state index in [0.29, 0.717) is 5.82 Å². The Hall–Kier alpha value is -7.56. The summed E-state index contributed by atoms with van der Waals surface area (Å²) < 4.78 is 0. The van der Waals surface area contributed by atoms with E-state index in [1.807, 2.05) is 30.7 Å². The van der Waals surface area contributed by atoms with E-state index >= 15 is 0 Å². The summed E-state index contributed by atoms with van der Waals surface area (Å²) in [5, 5.41) is 9.72. The molecule has 56 heavy (non-hydrogen) atoms. The van der Waals surface area contributed by atoms with Crippen molar-refractivity contribution in [2.24, 2.45) is 0 Å². The molecule has 0 N–H and O–H groups in total. The molecule has 0 bridgehead atoms. The molecule has 260 valence electrons. The minimum atomic E-state index is 0.639. The second-order valence-corrected chi connectivity index (χ2v) is 14.3. The molecule has 0 radical (unpaired) electrons. The maximum Gasteiger partial charge on any atom is 0.162 e. The largest absolute Gasteiger partial charge is 0.264 e. The van der Waals surface area contributed by atoms with Crippen LogP contribution in [0.1, 0.15) is 0 Å². The molecule has 8 aromatic carbocycles. The van der Waals surface area contributed by atoms with Gasteiger partial charge >= 0.3 is 0 Å². The summed E-state index contributed by atoms with van der Waals surface area (Å²) in [7, 11) is 0. The zero-order valence-corrected chi connectivity index (χ0v) is 30.3. The third-order valence-corrected chi connectivity index (χ3v) is 11.0. The zero-order chi connectivity index (χ0) is 37.0. The highest BCUT2D eigenvalue weighted by Gasteiger charge is 2.17. The van der Waals surface area contributed by atoms with Gasteiger partial charge in [-0.05, 0) is 89.3 Å². The van der Waals surface area contributed by atoms with Crippen LogP contribution in [0.5, 0.6) is 0 Å². The van der Waals surface area contributed by atoms with Gasteiger partial charge in [-0.3, -0.25) is 9.97 Å². The highest BCUT2D eigenvalue weighted by atomic mass is 14.9. The molecule has 4 nitrogen and oxygen atoms in total. The first kappa shape index (κ1) is 31.9. The van der Waals surface area contributed by atoms with Gasteiger partial charge in [0.05, 0.1) is 11.4 Å². The average molecular weight is 713 g/mol. The normalized spacial score (nSPS) is 11.6. The first-order valence-electron chi connectivity index (χ1n) is 18.8. The Balaban J connectivity index is 1.07. The van der Waals surface area contributed by atoms with Crippen molar-refractivity contribution in [3.05, 3.63) is 195 Å². The van der Waals surface area contributed by atoms with Gasteiger partial charge in [0, 0.05) is 46.9 Å². The minimum Gasteiger partial charge on any atom is -0.264 e. The minimum absolute atomic E-state index is 0.639. The van der Waals surface area contributed by atoms with Gasteiger partial charge in [0.15, 0.2) is 5.82 Å². The van der Waals surface area contributed by atoms with Crippen LogP contribution < -0.4 is 0 Å². The molecule has 11 rings (SSSR count). The van der Waals surface area contributed by atoms with Gasteiger partial charge < -0.3 is 0 Å². The third-order valence-electron chi connectivity index (χ3n) is 11.0. The molecule has 11 aromatic rings. The lowest BCUT2D eigenvalue weighted by molar-refractivity contribution is 1.18. The van der Waals surface area contributed by atoms with Gasteiger partial charge in [-0.15, -0.1) is 0 Å². The van der Waals surface area contributed by atoms with Gasteiger partial charge in [0.1, 0.15) is 0 Å². The number of hydrogen-bond donors (Lipinski definition) is 0. The van der Waals surface area contributed by atoms with E-state index in [2.05, 4.69) is 168 Å². The highest BCUT2D eigenvalue weighted by Crippen LogP contribution is 2.43. The fourth-order valence-electron chi connectivity index (χ4n) is 8.29. The maximum atomic E-state index is 5.26. The Morgan fingerprint density at radius 2 is 0.929 bits per heavy atom. The molecule has 0 aliphatic rings. The van der Waals surface area contributed by atoms with Gasteiger partial charge in [0.2, 0.25) is 0 Å². The zero-order valence-electron chi connectivity index (χ0n) is 30.3. The van der Waals surface area contributed by atoms with Crippen molar-refractivity contribution in [1.29, 1.82) is 0 Å². The molecule has 0 fully saturated rings. The molecule has 0 saturated heterocycles. The number of hydrogen-bond acceptors (Lipinski definition) is 4. The number of rotatable bonds is 6. The summed E-state index contributed by atoms with van der Waals surface area (Å²) in [6.07, 6.45) is 7.45. The van der Waals surface area contributed by atoms with Gasteiger partial charge in [-0.2, -0.15) is 0 Å². The summed E-state index contributed by atoms with van der Waals surface area (Å²) >= 11 is 0. The van der Waals surface area contributed by atoms with Crippen molar-refractivity contribution in [3.8, 4) is 67.3 Å². The molecule has 3 aromatic heterocycles. The second-order valence-electron chi connectivity index (χ2n) is 14.3. The first-order chi connectivity index (χ1) is 27.7. The lowest BCUT2D eigenvalue weighted by Crippen LogP contribution is -1.97. The van der Waals surface area contributed by atoms with Crippen LogP contribution in [-0.4, -0.2) is 19.9 Å². The Kier molecular flexibility index (Phi) is 7.46. The number of pyridine rings is 2. The fraction of sp³-hybridized carbons (Fsp3) is 0. The Morgan fingerprint density at radius 3 is 1.68 bits per heavy atom. The number of nitrogens with zero attached hydrogens (tertiary/aromatic N) is 4. The maximum absolute atomic E-state index is 5.26. The summed E-state index contributed by atoms with van der Waals surface area (Å²) in [6.45, 7) is 0. The average Bonchev–Trinajstić information content (AvgIpc) is 3.28. The highest BCUT2D eigenvalue weighted by molar-refractivity contribution is 6.27. The number of aromatic nitrogens is 4. The van der Waals surface area contributed by atoms with Crippen molar-refractivity contribution < 1.29 is 0 Å². The molecule has 0 atom stereocenters. The van der Waals surface area contributed by atoms with Crippen LogP contribution in [0, 0.1) is 0 Å². The molecule has 0 spiro atoms. The Bertz CT molecular complexity index is 3220. The van der Waals surface area contributed by atoms with Gasteiger partial charge in [-0.1, -0.05) is 152 Å². The van der Waals surface area contributed by atoms with E-state index in [0.717, 1.165) is 55.5 Å². The topological polar surface area (TPSA) is 51.6 Å². The SMILES string of the molecule is c1ccc(-c2ccc3ccc4c(-c5cccc(-c6cc(-c7ccc(-c8cccnc8)cc7)nc(-c7cncc8ccccc78)n6)c5)ccc5ccc2c3c54)cc1. The molecule has 0 aliphatic carbocycles. The van der Waals surface area contributed by atoms with E-state index in [9.17, 15) is 0 Å². The predicted molar refractivity (Wildman–Crippen MR) is 231 cm³/mol. The van der Waals surface area contributed by atoms with Crippen molar-refractivity contribution >= 4 is 43.1 Å². The van der Waals surface area contributed by atoms with E-state index in [1.54, 1.807) is 6.20 Å². The summed E-state index contributed by atoms with van der Waals surface area (Å²) in [5.74, 6) is 0.639. The van der Waals surface area contributed by atoms with Crippen molar-refractivity contribution in [2.45, 2.75) is 0 Å². The van der Waals surface area contributed by atoms with Crippen molar-refractivity contribution in [2.75, 3.05) is 0 Å². The first-order valence-corrected chi connectivity index (χ1v) is 18.8. The van der Waals surface area contributed by atoms with Crippen LogP contribution >= 0.6 is 0 Å². The van der Waals surface area contributed by atoms with Crippen molar-refractivity contribution in [3.63, 3.8) is 0 Å². The van der Waals surface area contributed by atoms with E-state index in [4.69, 9.17) is 9.97 Å². The third kappa shape index (κ3) is 5.39. The van der Waals surface area contributed by atoms with Crippen LogP contribution in [-0.2, 0) is 0 Å².